The van der Waals surface area contributed by atoms with Crippen molar-refractivity contribution in [2.45, 2.75) is 11.8 Å². The first-order chi connectivity index (χ1) is 7.30. The molecule has 0 spiro atoms. The zero-order chi connectivity index (χ0) is 12.1. The SMILES string of the molecule is Cc1cc2cc(F)c(S(=O)(=O)Cl)cc2n1C. The summed E-state index contributed by atoms with van der Waals surface area (Å²) in [4.78, 5) is -0.483. The molecule has 0 fully saturated rings. The van der Waals surface area contributed by atoms with Gasteiger partial charge in [-0.25, -0.2) is 12.8 Å². The fourth-order valence-electron chi connectivity index (χ4n) is 1.66. The maximum Gasteiger partial charge on any atom is 0.264 e. The molecule has 0 unspecified atom stereocenters. The van der Waals surface area contributed by atoms with E-state index in [1.807, 2.05) is 6.92 Å². The number of benzene rings is 1. The highest BCUT2D eigenvalue weighted by molar-refractivity contribution is 8.13. The monoisotopic (exact) mass is 261 g/mol. The minimum absolute atomic E-state index is 0.483. The third-order valence-corrected chi connectivity index (χ3v) is 3.94. The Bertz CT molecular complexity index is 676. The van der Waals surface area contributed by atoms with Crippen LogP contribution in [0.2, 0.25) is 0 Å². The van der Waals surface area contributed by atoms with Crippen molar-refractivity contribution in [3.05, 3.63) is 29.7 Å². The van der Waals surface area contributed by atoms with E-state index in [2.05, 4.69) is 0 Å². The van der Waals surface area contributed by atoms with Crippen molar-refractivity contribution in [3.8, 4) is 0 Å². The molecule has 16 heavy (non-hydrogen) atoms. The average molecular weight is 262 g/mol. The van der Waals surface area contributed by atoms with E-state index >= 15 is 0 Å². The van der Waals surface area contributed by atoms with E-state index in [0.29, 0.717) is 10.9 Å². The van der Waals surface area contributed by atoms with Crippen LogP contribution in [-0.2, 0) is 16.1 Å². The summed E-state index contributed by atoms with van der Waals surface area (Å²) in [6, 6.07) is 4.21. The lowest BCUT2D eigenvalue weighted by Gasteiger charge is -2.02. The predicted octanol–water partition coefficient (Wildman–Crippen LogP) is 2.55. The van der Waals surface area contributed by atoms with Crippen LogP contribution in [-0.4, -0.2) is 13.0 Å². The quantitative estimate of drug-likeness (QED) is 0.740. The highest BCUT2D eigenvalue weighted by Crippen LogP contribution is 2.26. The fraction of sp³-hybridized carbons (Fsp3) is 0.200. The van der Waals surface area contributed by atoms with Gasteiger partial charge >= 0.3 is 0 Å². The highest BCUT2D eigenvalue weighted by Gasteiger charge is 2.18. The summed E-state index contributed by atoms with van der Waals surface area (Å²) in [5.41, 5.74) is 1.55. The first kappa shape index (κ1) is 11.4. The van der Waals surface area contributed by atoms with Crippen LogP contribution >= 0.6 is 10.7 Å². The number of nitrogens with zero attached hydrogens (tertiary/aromatic N) is 1. The van der Waals surface area contributed by atoms with Gasteiger partial charge in [0.2, 0.25) is 0 Å². The predicted molar refractivity (Wildman–Crippen MR) is 60.7 cm³/mol. The summed E-state index contributed by atoms with van der Waals surface area (Å²) in [6.45, 7) is 1.85. The van der Waals surface area contributed by atoms with E-state index in [0.717, 1.165) is 5.69 Å². The first-order valence-corrected chi connectivity index (χ1v) is 6.82. The molecule has 0 bridgehead atoms. The summed E-state index contributed by atoms with van der Waals surface area (Å²) in [7, 11) is 2.88. The standard InChI is InChI=1S/C10H9ClFNO2S/c1-6-3-7-4-8(12)10(16(11,14)15)5-9(7)13(6)2/h3-5H,1-2H3. The van der Waals surface area contributed by atoms with Gasteiger partial charge in [0.05, 0.1) is 0 Å². The van der Waals surface area contributed by atoms with Gasteiger partial charge in [-0.15, -0.1) is 0 Å². The third kappa shape index (κ3) is 1.70. The van der Waals surface area contributed by atoms with Crippen LogP contribution in [0.5, 0.6) is 0 Å². The molecule has 0 amide bonds. The molecule has 0 aliphatic heterocycles. The molecule has 0 aliphatic carbocycles. The number of hydrogen-bond acceptors (Lipinski definition) is 2. The lowest BCUT2D eigenvalue weighted by Crippen LogP contribution is -1.97. The lowest BCUT2D eigenvalue weighted by atomic mass is 10.2. The molecule has 2 aromatic rings. The van der Waals surface area contributed by atoms with Gasteiger partial charge in [-0.1, -0.05) is 0 Å². The second kappa shape index (κ2) is 3.46. The topological polar surface area (TPSA) is 39.1 Å². The maximum atomic E-state index is 13.5. The van der Waals surface area contributed by atoms with Crippen LogP contribution in [0.1, 0.15) is 5.69 Å². The van der Waals surface area contributed by atoms with Gasteiger partial charge < -0.3 is 4.57 Å². The van der Waals surface area contributed by atoms with E-state index in [4.69, 9.17) is 10.7 Å². The molecular formula is C10H9ClFNO2S. The van der Waals surface area contributed by atoms with Crippen LogP contribution in [0.3, 0.4) is 0 Å². The van der Waals surface area contributed by atoms with Gasteiger partial charge in [-0.3, -0.25) is 0 Å². The van der Waals surface area contributed by atoms with Gasteiger partial charge in [-0.2, -0.15) is 0 Å². The molecule has 0 saturated carbocycles. The molecule has 0 N–H and O–H groups in total. The Kier molecular flexibility index (Phi) is 2.47. The Labute approximate surface area is 96.9 Å². The molecule has 1 aromatic heterocycles. The molecule has 1 heterocycles. The third-order valence-electron chi connectivity index (χ3n) is 2.60. The Balaban J connectivity index is 2.90. The fourth-order valence-corrected chi connectivity index (χ4v) is 2.56. The summed E-state index contributed by atoms with van der Waals surface area (Å²) in [6.07, 6.45) is 0. The molecule has 0 atom stereocenters. The maximum absolute atomic E-state index is 13.5. The van der Waals surface area contributed by atoms with Crippen LogP contribution in [0, 0.1) is 12.7 Å². The van der Waals surface area contributed by atoms with Gasteiger partial charge in [0.1, 0.15) is 10.7 Å². The van der Waals surface area contributed by atoms with Crippen molar-refractivity contribution in [1.29, 1.82) is 0 Å². The van der Waals surface area contributed by atoms with Crippen molar-refractivity contribution < 1.29 is 12.8 Å². The highest BCUT2D eigenvalue weighted by atomic mass is 35.7. The Morgan fingerprint density at radius 3 is 2.50 bits per heavy atom. The van der Waals surface area contributed by atoms with E-state index in [1.54, 1.807) is 17.7 Å². The van der Waals surface area contributed by atoms with Gasteiger partial charge in [0.25, 0.3) is 9.05 Å². The molecule has 2 rings (SSSR count). The van der Waals surface area contributed by atoms with Crippen molar-refractivity contribution in [2.24, 2.45) is 7.05 Å². The van der Waals surface area contributed by atoms with E-state index in [1.165, 1.54) is 12.1 Å². The van der Waals surface area contributed by atoms with Crippen LogP contribution < -0.4 is 0 Å². The molecule has 6 heteroatoms. The minimum atomic E-state index is -4.05. The van der Waals surface area contributed by atoms with Crippen LogP contribution in [0.25, 0.3) is 10.9 Å². The van der Waals surface area contributed by atoms with Crippen LogP contribution in [0.15, 0.2) is 23.1 Å². The summed E-state index contributed by atoms with van der Waals surface area (Å²) in [5, 5.41) is 0.654. The van der Waals surface area contributed by atoms with E-state index < -0.39 is 19.8 Å². The Morgan fingerprint density at radius 1 is 1.31 bits per heavy atom. The lowest BCUT2D eigenvalue weighted by molar-refractivity contribution is 0.577. The number of hydrogen-bond donors (Lipinski definition) is 0. The molecule has 86 valence electrons. The number of fused-ring (bicyclic) bond motifs is 1. The zero-order valence-electron chi connectivity index (χ0n) is 8.66. The van der Waals surface area contributed by atoms with Crippen molar-refractivity contribution in [2.75, 3.05) is 0 Å². The normalized spacial score (nSPS) is 12.2. The molecule has 0 saturated heterocycles. The molecule has 0 aliphatic rings. The van der Waals surface area contributed by atoms with Gasteiger partial charge in [0.15, 0.2) is 0 Å². The van der Waals surface area contributed by atoms with Gasteiger partial charge in [-0.05, 0) is 25.1 Å². The second-order valence-corrected chi connectivity index (χ2v) is 6.16. The van der Waals surface area contributed by atoms with E-state index in [-0.39, 0.29) is 0 Å². The minimum Gasteiger partial charge on any atom is -0.348 e. The number of aryl methyl sites for hydroxylation is 2. The number of aromatic nitrogens is 1. The van der Waals surface area contributed by atoms with Crippen molar-refractivity contribution in [1.82, 2.24) is 4.57 Å². The Morgan fingerprint density at radius 2 is 1.94 bits per heavy atom. The summed E-state index contributed by atoms with van der Waals surface area (Å²) >= 11 is 0. The number of halogens is 2. The molecule has 0 radical (unpaired) electrons. The molecule has 1 aromatic carbocycles. The molecular weight excluding hydrogens is 253 g/mol. The molecule has 3 nitrogen and oxygen atoms in total. The van der Waals surface area contributed by atoms with Crippen molar-refractivity contribution in [3.63, 3.8) is 0 Å². The van der Waals surface area contributed by atoms with Crippen molar-refractivity contribution >= 4 is 30.6 Å². The smallest absolute Gasteiger partial charge is 0.264 e. The largest absolute Gasteiger partial charge is 0.348 e. The first-order valence-electron chi connectivity index (χ1n) is 4.51. The van der Waals surface area contributed by atoms with Gasteiger partial charge in [0, 0.05) is 34.3 Å². The Hall–Kier alpha value is -1.07. The zero-order valence-corrected chi connectivity index (χ0v) is 10.2. The van der Waals surface area contributed by atoms with E-state index in [9.17, 15) is 12.8 Å². The number of rotatable bonds is 1. The average Bonchev–Trinajstić information content (AvgIpc) is 2.39. The summed E-state index contributed by atoms with van der Waals surface area (Å²) in [5.74, 6) is -0.826. The second-order valence-electron chi connectivity index (χ2n) is 3.62. The summed E-state index contributed by atoms with van der Waals surface area (Å²) < 4.78 is 37.5. The van der Waals surface area contributed by atoms with Crippen LogP contribution in [0.4, 0.5) is 4.39 Å².